The van der Waals surface area contributed by atoms with Crippen molar-refractivity contribution < 1.29 is 5.11 Å². The third kappa shape index (κ3) is 2.09. The normalized spacial score (nSPS) is 10.3. The molecule has 1 nitrogen and oxygen atoms in total. The van der Waals surface area contributed by atoms with Crippen molar-refractivity contribution in [3.63, 3.8) is 0 Å². The van der Waals surface area contributed by atoms with Crippen LogP contribution in [0.4, 0.5) is 0 Å². The molecular weight excluding hydrogens is 231 g/mol. The van der Waals surface area contributed by atoms with Crippen LogP contribution in [0.3, 0.4) is 0 Å². The molecule has 0 atom stereocenters. The monoisotopic (exact) mass is 237 g/mol. The predicted octanol–water partition coefficient (Wildman–Crippen LogP) is 4.17. The standard InChI is InChI=1S/C12H7Cl2O/c13-10-5-2-6-11(14)12(10)8-3-1-4-9(15)7-8/h1-5,7,15H. The van der Waals surface area contributed by atoms with Crippen molar-refractivity contribution in [1.82, 2.24) is 0 Å². The summed E-state index contributed by atoms with van der Waals surface area (Å²) in [5.74, 6) is 0.184. The number of phenols is 1. The van der Waals surface area contributed by atoms with Gasteiger partial charge in [0.2, 0.25) is 0 Å². The molecule has 0 aliphatic heterocycles. The Balaban J connectivity index is 2.63. The molecule has 0 saturated carbocycles. The molecule has 0 aromatic heterocycles. The molecule has 0 unspecified atom stereocenters. The van der Waals surface area contributed by atoms with Crippen LogP contribution >= 0.6 is 23.2 Å². The van der Waals surface area contributed by atoms with Crippen LogP contribution in [0.25, 0.3) is 11.1 Å². The molecule has 15 heavy (non-hydrogen) atoms. The van der Waals surface area contributed by atoms with E-state index < -0.39 is 0 Å². The number of halogens is 2. The predicted molar refractivity (Wildman–Crippen MR) is 62.4 cm³/mol. The van der Waals surface area contributed by atoms with Crippen LogP contribution in [0.5, 0.6) is 5.75 Å². The lowest BCUT2D eigenvalue weighted by atomic mass is 10.1. The van der Waals surface area contributed by atoms with E-state index >= 15 is 0 Å². The van der Waals surface area contributed by atoms with E-state index in [0.717, 1.165) is 5.56 Å². The lowest BCUT2D eigenvalue weighted by Crippen LogP contribution is -1.81. The third-order valence-corrected chi connectivity index (χ3v) is 2.65. The van der Waals surface area contributed by atoms with E-state index in [-0.39, 0.29) is 5.75 Å². The molecule has 75 valence electrons. The molecule has 0 fully saturated rings. The van der Waals surface area contributed by atoms with Gasteiger partial charge >= 0.3 is 0 Å². The van der Waals surface area contributed by atoms with Gasteiger partial charge in [0.1, 0.15) is 5.75 Å². The first-order chi connectivity index (χ1) is 7.18. The first-order valence-electron chi connectivity index (χ1n) is 4.33. The lowest BCUT2D eigenvalue weighted by molar-refractivity contribution is 0.475. The van der Waals surface area contributed by atoms with Gasteiger partial charge in [0.25, 0.3) is 0 Å². The van der Waals surface area contributed by atoms with Gasteiger partial charge < -0.3 is 5.11 Å². The molecule has 3 heteroatoms. The number of rotatable bonds is 1. The molecule has 0 heterocycles. The van der Waals surface area contributed by atoms with Crippen LogP contribution in [0.15, 0.2) is 36.4 Å². The van der Waals surface area contributed by atoms with E-state index in [9.17, 15) is 5.11 Å². The Morgan fingerprint density at radius 3 is 2.60 bits per heavy atom. The van der Waals surface area contributed by atoms with E-state index in [1.807, 2.05) is 6.07 Å². The maximum Gasteiger partial charge on any atom is 0.116 e. The van der Waals surface area contributed by atoms with E-state index in [0.29, 0.717) is 15.6 Å². The highest BCUT2D eigenvalue weighted by molar-refractivity contribution is 6.39. The molecule has 1 radical (unpaired) electrons. The van der Waals surface area contributed by atoms with Crippen LogP contribution < -0.4 is 0 Å². The second kappa shape index (κ2) is 4.13. The Morgan fingerprint density at radius 1 is 1.13 bits per heavy atom. The van der Waals surface area contributed by atoms with Gasteiger partial charge in [-0.2, -0.15) is 0 Å². The summed E-state index contributed by atoms with van der Waals surface area (Å²) in [6.45, 7) is 0. The largest absolute Gasteiger partial charge is 0.508 e. The number of phenolic OH excluding ortho intramolecular Hbond substituents is 1. The molecule has 0 bridgehead atoms. The Labute approximate surface area is 97.9 Å². The Bertz CT molecular complexity index is 474. The molecule has 0 aliphatic rings. The van der Waals surface area contributed by atoms with Crippen LogP contribution in [0.2, 0.25) is 10.0 Å². The Hall–Kier alpha value is -1.18. The third-order valence-electron chi connectivity index (χ3n) is 2.03. The van der Waals surface area contributed by atoms with Gasteiger partial charge in [-0.1, -0.05) is 41.4 Å². The zero-order chi connectivity index (χ0) is 10.8. The fourth-order valence-electron chi connectivity index (χ4n) is 1.37. The molecule has 0 saturated heterocycles. The topological polar surface area (TPSA) is 20.2 Å². The first-order valence-corrected chi connectivity index (χ1v) is 5.09. The number of hydrogen-bond acceptors (Lipinski definition) is 1. The molecule has 1 N–H and O–H groups in total. The molecule has 0 spiro atoms. The van der Waals surface area contributed by atoms with Gasteiger partial charge in [-0.25, -0.2) is 0 Å². The second-order valence-corrected chi connectivity index (χ2v) is 3.85. The summed E-state index contributed by atoms with van der Waals surface area (Å²) in [5.41, 5.74) is 1.47. The van der Waals surface area contributed by atoms with E-state index in [4.69, 9.17) is 23.2 Å². The lowest BCUT2D eigenvalue weighted by Gasteiger charge is -2.06. The smallest absolute Gasteiger partial charge is 0.116 e. The zero-order valence-electron chi connectivity index (χ0n) is 7.67. The highest BCUT2D eigenvalue weighted by atomic mass is 35.5. The van der Waals surface area contributed by atoms with Crippen LogP contribution in [0.1, 0.15) is 0 Å². The van der Waals surface area contributed by atoms with E-state index in [2.05, 4.69) is 6.07 Å². The molecule has 0 aliphatic carbocycles. The summed E-state index contributed by atoms with van der Waals surface area (Å²) in [7, 11) is 0. The van der Waals surface area contributed by atoms with Crippen molar-refractivity contribution in [2.75, 3.05) is 0 Å². The number of aromatic hydroxyl groups is 1. The Morgan fingerprint density at radius 2 is 1.93 bits per heavy atom. The minimum absolute atomic E-state index is 0.184. The van der Waals surface area contributed by atoms with Crippen LogP contribution in [-0.4, -0.2) is 5.11 Å². The van der Waals surface area contributed by atoms with Crippen molar-refractivity contribution in [3.8, 4) is 16.9 Å². The van der Waals surface area contributed by atoms with Gasteiger partial charge in [-0.3, -0.25) is 0 Å². The first kappa shape index (κ1) is 10.3. The molecule has 2 rings (SSSR count). The SMILES string of the molecule is Oc1cccc(-c2c(Cl)[c]ccc2Cl)c1. The molecule has 2 aromatic rings. The number of benzene rings is 2. The molecule has 2 aromatic carbocycles. The van der Waals surface area contributed by atoms with Gasteiger partial charge in [0.05, 0.1) is 5.02 Å². The average molecular weight is 238 g/mol. The van der Waals surface area contributed by atoms with Gasteiger partial charge in [0, 0.05) is 16.7 Å². The van der Waals surface area contributed by atoms with Crippen molar-refractivity contribution in [1.29, 1.82) is 0 Å². The fraction of sp³-hybridized carbons (Fsp3) is 0. The van der Waals surface area contributed by atoms with Crippen molar-refractivity contribution in [2.45, 2.75) is 0 Å². The highest BCUT2D eigenvalue weighted by Gasteiger charge is 2.08. The average Bonchev–Trinajstić information content (AvgIpc) is 2.17. The van der Waals surface area contributed by atoms with Crippen LogP contribution in [-0.2, 0) is 0 Å². The second-order valence-electron chi connectivity index (χ2n) is 3.06. The zero-order valence-corrected chi connectivity index (χ0v) is 9.18. The van der Waals surface area contributed by atoms with E-state index in [1.165, 1.54) is 0 Å². The summed E-state index contributed by atoms with van der Waals surface area (Å²) in [6.07, 6.45) is 0. The summed E-state index contributed by atoms with van der Waals surface area (Å²) < 4.78 is 0. The highest BCUT2D eigenvalue weighted by Crippen LogP contribution is 2.35. The minimum Gasteiger partial charge on any atom is -0.508 e. The Kier molecular flexibility index (Phi) is 2.85. The molecule has 0 amide bonds. The van der Waals surface area contributed by atoms with Crippen molar-refractivity contribution in [2.24, 2.45) is 0 Å². The summed E-state index contributed by atoms with van der Waals surface area (Å²) in [5, 5.41) is 10.4. The van der Waals surface area contributed by atoms with Crippen molar-refractivity contribution >= 4 is 23.2 Å². The van der Waals surface area contributed by atoms with Gasteiger partial charge in [-0.15, -0.1) is 0 Å². The maximum absolute atomic E-state index is 9.36. The summed E-state index contributed by atoms with van der Waals surface area (Å²) in [6, 6.07) is 13.0. The minimum atomic E-state index is 0.184. The summed E-state index contributed by atoms with van der Waals surface area (Å²) >= 11 is 12.0. The van der Waals surface area contributed by atoms with Crippen LogP contribution in [0, 0.1) is 6.07 Å². The van der Waals surface area contributed by atoms with Gasteiger partial charge in [-0.05, 0) is 23.8 Å². The van der Waals surface area contributed by atoms with Gasteiger partial charge in [0.15, 0.2) is 0 Å². The van der Waals surface area contributed by atoms with E-state index in [1.54, 1.807) is 30.3 Å². The quantitative estimate of drug-likeness (QED) is 0.790. The number of hydrogen-bond donors (Lipinski definition) is 1. The maximum atomic E-state index is 9.36. The summed E-state index contributed by atoms with van der Waals surface area (Å²) in [4.78, 5) is 0. The van der Waals surface area contributed by atoms with Crippen molar-refractivity contribution in [3.05, 3.63) is 52.5 Å². The fourth-order valence-corrected chi connectivity index (χ4v) is 1.96. The molecular formula is C12H7Cl2O.